The fraction of sp³-hybridized carbons (Fsp3) is 0.333. The summed E-state index contributed by atoms with van der Waals surface area (Å²) in [4.78, 5) is 24.0. The molecule has 26 heavy (non-hydrogen) atoms. The summed E-state index contributed by atoms with van der Waals surface area (Å²) < 4.78 is 0. The lowest BCUT2D eigenvalue weighted by atomic mass is 10.1. The van der Waals surface area contributed by atoms with Gasteiger partial charge < -0.3 is 16.0 Å². The highest BCUT2D eigenvalue weighted by Gasteiger charge is 2.10. The van der Waals surface area contributed by atoms with Crippen molar-refractivity contribution in [2.24, 2.45) is 0 Å². The summed E-state index contributed by atoms with van der Waals surface area (Å²) in [5.41, 5.74) is 7.36. The van der Waals surface area contributed by atoms with E-state index in [1.165, 1.54) is 5.56 Å². The van der Waals surface area contributed by atoms with Crippen molar-refractivity contribution >= 4 is 17.6 Å². The average Bonchev–Trinajstić information content (AvgIpc) is 2.55. The first-order valence-electron chi connectivity index (χ1n) is 8.72. The van der Waals surface area contributed by atoms with E-state index in [4.69, 9.17) is 0 Å². The fourth-order valence-corrected chi connectivity index (χ4v) is 3.00. The van der Waals surface area contributed by atoms with Gasteiger partial charge in [0.15, 0.2) is 0 Å². The van der Waals surface area contributed by atoms with Gasteiger partial charge in [0.05, 0.1) is 6.54 Å². The number of carbonyl (C=O) groups is 2. The van der Waals surface area contributed by atoms with E-state index in [9.17, 15) is 9.59 Å². The van der Waals surface area contributed by atoms with Crippen LogP contribution in [-0.4, -0.2) is 18.5 Å². The van der Waals surface area contributed by atoms with Gasteiger partial charge in [-0.25, -0.2) is 4.79 Å². The minimum absolute atomic E-state index is 0.0779. The Bertz CT molecular complexity index is 805. The molecule has 0 aromatic heterocycles. The molecule has 0 fully saturated rings. The molecule has 5 heteroatoms. The van der Waals surface area contributed by atoms with Crippen molar-refractivity contribution in [1.29, 1.82) is 0 Å². The molecule has 0 bridgehead atoms. The van der Waals surface area contributed by atoms with Crippen LogP contribution in [0.4, 0.5) is 10.5 Å². The Kier molecular flexibility index (Phi) is 6.39. The predicted molar refractivity (Wildman–Crippen MR) is 105 cm³/mol. The van der Waals surface area contributed by atoms with Crippen LogP contribution < -0.4 is 16.0 Å². The van der Waals surface area contributed by atoms with Crippen molar-refractivity contribution in [3.63, 3.8) is 0 Å². The fourth-order valence-electron chi connectivity index (χ4n) is 3.00. The summed E-state index contributed by atoms with van der Waals surface area (Å²) in [5, 5.41) is 8.24. The van der Waals surface area contributed by atoms with Gasteiger partial charge in [-0.05, 0) is 56.9 Å². The number of aryl methyl sites for hydroxylation is 5. The number of anilines is 1. The zero-order chi connectivity index (χ0) is 19.3. The second-order valence-electron chi connectivity index (χ2n) is 6.79. The van der Waals surface area contributed by atoms with Crippen LogP contribution >= 0.6 is 0 Å². The van der Waals surface area contributed by atoms with E-state index in [0.717, 1.165) is 33.5 Å². The summed E-state index contributed by atoms with van der Waals surface area (Å²) in [5.74, 6) is -0.248. The summed E-state index contributed by atoms with van der Waals surface area (Å²) in [6.45, 7) is 10.3. The van der Waals surface area contributed by atoms with E-state index in [0.29, 0.717) is 6.54 Å². The number of nitrogens with one attached hydrogen (secondary N) is 3. The van der Waals surface area contributed by atoms with Crippen molar-refractivity contribution in [3.05, 3.63) is 63.7 Å². The Morgan fingerprint density at radius 3 is 2.04 bits per heavy atom. The highest BCUT2D eigenvalue weighted by Crippen LogP contribution is 2.21. The summed E-state index contributed by atoms with van der Waals surface area (Å²) >= 11 is 0. The number of benzene rings is 2. The second-order valence-corrected chi connectivity index (χ2v) is 6.79. The average molecular weight is 353 g/mol. The molecule has 3 amide bonds. The molecule has 0 aliphatic carbocycles. The summed E-state index contributed by atoms with van der Waals surface area (Å²) in [7, 11) is 0. The van der Waals surface area contributed by atoms with Crippen LogP contribution in [0.1, 0.15) is 33.4 Å². The lowest BCUT2D eigenvalue weighted by Gasteiger charge is -2.14. The van der Waals surface area contributed by atoms with Crippen LogP contribution in [0, 0.1) is 34.6 Å². The van der Waals surface area contributed by atoms with Gasteiger partial charge in [0.2, 0.25) is 5.91 Å². The van der Waals surface area contributed by atoms with Crippen LogP contribution in [0.2, 0.25) is 0 Å². The minimum Gasteiger partial charge on any atom is -0.334 e. The van der Waals surface area contributed by atoms with Crippen LogP contribution in [0.3, 0.4) is 0 Å². The number of amides is 3. The van der Waals surface area contributed by atoms with Gasteiger partial charge in [-0.3, -0.25) is 4.79 Å². The van der Waals surface area contributed by atoms with Crippen molar-refractivity contribution in [2.45, 2.75) is 41.2 Å². The normalized spacial score (nSPS) is 10.3. The van der Waals surface area contributed by atoms with E-state index in [-0.39, 0.29) is 18.5 Å². The van der Waals surface area contributed by atoms with E-state index < -0.39 is 0 Å². The Morgan fingerprint density at radius 1 is 0.808 bits per heavy atom. The van der Waals surface area contributed by atoms with Crippen LogP contribution in [0.5, 0.6) is 0 Å². The van der Waals surface area contributed by atoms with Gasteiger partial charge in [-0.15, -0.1) is 0 Å². The van der Waals surface area contributed by atoms with Crippen LogP contribution in [0.15, 0.2) is 30.3 Å². The van der Waals surface area contributed by atoms with Crippen LogP contribution in [0.25, 0.3) is 0 Å². The zero-order valence-electron chi connectivity index (χ0n) is 16.1. The third kappa shape index (κ3) is 5.34. The van der Waals surface area contributed by atoms with Gasteiger partial charge in [0.1, 0.15) is 0 Å². The summed E-state index contributed by atoms with van der Waals surface area (Å²) in [6.07, 6.45) is 0. The Balaban J connectivity index is 1.83. The molecule has 0 saturated heterocycles. The number of rotatable bonds is 5. The van der Waals surface area contributed by atoms with Crippen LogP contribution in [-0.2, 0) is 11.3 Å². The molecule has 3 N–H and O–H groups in total. The van der Waals surface area contributed by atoms with Crippen molar-refractivity contribution in [2.75, 3.05) is 11.9 Å². The molecule has 2 aromatic rings. The second kappa shape index (κ2) is 8.52. The first kappa shape index (κ1) is 19.5. The highest BCUT2D eigenvalue weighted by molar-refractivity contribution is 5.95. The Labute approximate surface area is 155 Å². The van der Waals surface area contributed by atoms with Crippen molar-refractivity contribution in [3.8, 4) is 0 Å². The number of hydrogen-bond donors (Lipinski definition) is 3. The van der Waals surface area contributed by atoms with E-state index >= 15 is 0 Å². The standard InChI is InChI=1S/C21H27N3O2/c1-13-6-7-18(15(3)8-13)11-22-21(26)23-12-19(25)24-20-16(4)9-14(2)10-17(20)5/h6-10H,11-12H2,1-5H3,(H,24,25)(H2,22,23,26). The van der Waals surface area contributed by atoms with Gasteiger partial charge in [0, 0.05) is 12.2 Å². The maximum Gasteiger partial charge on any atom is 0.315 e. The zero-order valence-corrected chi connectivity index (χ0v) is 16.1. The van der Waals surface area contributed by atoms with E-state index in [1.807, 2.05) is 58.9 Å². The SMILES string of the molecule is Cc1ccc(CNC(=O)NCC(=O)Nc2c(C)cc(C)cc2C)c(C)c1. The number of hydrogen-bond acceptors (Lipinski definition) is 2. The quantitative estimate of drug-likeness (QED) is 0.768. The predicted octanol–water partition coefficient (Wildman–Crippen LogP) is 3.67. The molecule has 0 unspecified atom stereocenters. The number of urea groups is 1. The first-order chi connectivity index (χ1) is 12.3. The molecule has 138 valence electrons. The molecule has 0 spiro atoms. The smallest absolute Gasteiger partial charge is 0.315 e. The molecule has 0 aliphatic rings. The Hall–Kier alpha value is -2.82. The molecular formula is C21H27N3O2. The van der Waals surface area contributed by atoms with Gasteiger partial charge in [0.25, 0.3) is 0 Å². The highest BCUT2D eigenvalue weighted by atomic mass is 16.2. The van der Waals surface area contributed by atoms with Crippen molar-refractivity contribution in [1.82, 2.24) is 10.6 Å². The van der Waals surface area contributed by atoms with E-state index in [2.05, 4.69) is 22.0 Å². The van der Waals surface area contributed by atoms with Gasteiger partial charge >= 0.3 is 6.03 Å². The molecule has 0 saturated carbocycles. The van der Waals surface area contributed by atoms with Gasteiger partial charge in [-0.2, -0.15) is 0 Å². The molecule has 5 nitrogen and oxygen atoms in total. The Morgan fingerprint density at radius 2 is 1.42 bits per heavy atom. The third-order valence-electron chi connectivity index (χ3n) is 4.29. The van der Waals surface area contributed by atoms with Crippen molar-refractivity contribution < 1.29 is 9.59 Å². The molecule has 0 heterocycles. The minimum atomic E-state index is -0.363. The molecular weight excluding hydrogens is 326 g/mol. The molecule has 0 radical (unpaired) electrons. The van der Waals surface area contributed by atoms with Gasteiger partial charge in [-0.1, -0.05) is 41.5 Å². The molecule has 0 atom stereocenters. The summed E-state index contributed by atoms with van der Waals surface area (Å²) in [6, 6.07) is 9.77. The maximum absolute atomic E-state index is 12.1. The maximum atomic E-state index is 12.1. The lowest BCUT2D eigenvalue weighted by Crippen LogP contribution is -2.39. The topological polar surface area (TPSA) is 70.2 Å². The lowest BCUT2D eigenvalue weighted by molar-refractivity contribution is -0.115. The largest absolute Gasteiger partial charge is 0.334 e. The molecule has 2 rings (SSSR count). The third-order valence-corrected chi connectivity index (χ3v) is 4.29. The monoisotopic (exact) mass is 353 g/mol. The molecule has 0 aliphatic heterocycles. The van der Waals surface area contributed by atoms with E-state index in [1.54, 1.807) is 0 Å². The first-order valence-corrected chi connectivity index (χ1v) is 8.72. The number of carbonyl (C=O) groups excluding carboxylic acids is 2. The molecule has 2 aromatic carbocycles.